The largest absolute Gasteiger partial charge is 0.462 e. The van der Waals surface area contributed by atoms with E-state index in [0.717, 1.165) is 30.3 Å². The number of anilines is 1. The third kappa shape index (κ3) is 3.21. The Hall–Kier alpha value is -2.15. The van der Waals surface area contributed by atoms with Gasteiger partial charge in [0.25, 0.3) is 0 Å². The number of esters is 1. The molecule has 7 heteroatoms. The number of aliphatic hydroxyl groups excluding tert-OH is 1. The van der Waals surface area contributed by atoms with Crippen molar-refractivity contribution in [1.82, 2.24) is 14.8 Å². The van der Waals surface area contributed by atoms with E-state index in [0.29, 0.717) is 30.8 Å². The highest BCUT2D eigenvalue weighted by Crippen LogP contribution is 2.30. The summed E-state index contributed by atoms with van der Waals surface area (Å²) in [5.41, 5.74) is 1.86. The SMILES string of the molecule is CCOC(=O)c1cnc2c(cnn2CC)c1N[C@@H]1CCC[C@@H](O)C1. The lowest BCUT2D eigenvalue weighted by Crippen LogP contribution is -2.30. The molecule has 2 aromatic rings. The highest BCUT2D eigenvalue weighted by Gasteiger charge is 2.24. The molecule has 2 aromatic heterocycles. The zero-order chi connectivity index (χ0) is 17.1. The van der Waals surface area contributed by atoms with Gasteiger partial charge in [0, 0.05) is 18.8 Å². The third-order valence-electron chi connectivity index (χ3n) is 4.46. The molecule has 0 unspecified atom stereocenters. The first-order valence-corrected chi connectivity index (χ1v) is 8.60. The van der Waals surface area contributed by atoms with E-state index in [1.165, 1.54) is 0 Å². The summed E-state index contributed by atoms with van der Waals surface area (Å²) < 4.78 is 6.96. The minimum absolute atomic E-state index is 0.123. The molecule has 0 spiro atoms. The maximum absolute atomic E-state index is 12.3. The van der Waals surface area contributed by atoms with Gasteiger partial charge in [0.15, 0.2) is 5.65 Å². The van der Waals surface area contributed by atoms with E-state index >= 15 is 0 Å². The van der Waals surface area contributed by atoms with Crippen LogP contribution in [-0.4, -0.2) is 44.6 Å². The smallest absolute Gasteiger partial charge is 0.341 e. The number of aliphatic hydroxyl groups is 1. The molecule has 1 aliphatic carbocycles. The molecule has 0 bridgehead atoms. The molecule has 0 amide bonds. The van der Waals surface area contributed by atoms with Crippen LogP contribution in [0.15, 0.2) is 12.4 Å². The number of hydrogen-bond acceptors (Lipinski definition) is 6. The number of nitrogens with zero attached hydrogens (tertiary/aromatic N) is 3. The van der Waals surface area contributed by atoms with Crippen LogP contribution >= 0.6 is 0 Å². The molecule has 2 heterocycles. The molecule has 7 nitrogen and oxygen atoms in total. The van der Waals surface area contributed by atoms with E-state index in [9.17, 15) is 9.90 Å². The standard InChI is InChI=1S/C17H24N4O3/c1-3-21-16-13(10-19-21)15(14(9-18-16)17(23)24-4-2)20-11-6-5-7-12(22)8-11/h9-12,22H,3-8H2,1-2H3,(H,18,20)/t11-,12-/m1/s1. The van der Waals surface area contributed by atoms with E-state index in [2.05, 4.69) is 15.4 Å². The molecular weight excluding hydrogens is 308 g/mol. The summed E-state index contributed by atoms with van der Waals surface area (Å²) >= 11 is 0. The minimum atomic E-state index is -0.394. The zero-order valence-corrected chi connectivity index (χ0v) is 14.2. The molecule has 0 aliphatic heterocycles. The molecule has 1 fully saturated rings. The fourth-order valence-electron chi connectivity index (χ4n) is 3.28. The van der Waals surface area contributed by atoms with Crippen molar-refractivity contribution in [2.75, 3.05) is 11.9 Å². The van der Waals surface area contributed by atoms with Crippen LogP contribution in [0.25, 0.3) is 11.0 Å². The first-order chi connectivity index (χ1) is 11.6. The fraction of sp³-hybridized carbons (Fsp3) is 0.588. The number of pyridine rings is 1. The normalized spacial score (nSPS) is 21.0. The molecule has 3 rings (SSSR count). The van der Waals surface area contributed by atoms with Gasteiger partial charge < -0.3 is 15.2 Å². The lowest BCUT2D eigenvalue weighted by Gasteiger charge is -2.28. The predicted molar refractivity (Wildman–Crippen MR) is 91.0 cm³/mol. The van der Waals surface area contributed by atoms with Gasteiger partial charge in [0.05, 0.1) is 30.0 Å². The molecule has 130 valence electrons. The average molecular weight is 332 g/mol. The van der Waals surface area contributed by atoms with E-state index in [1.54, 1.807) is 24.0 Å². The van der Waals surface area contributed by atoms with E-state index in [1.807, 2.05) is 6.92 Å². The summed E-state index contributed by atoms with van der Waals surface area (Å²) in [5, 5.41) is 18.5. The maximum atomic E-state index is 12.3. The number of fused-ring (bicyclic) bond motifs is 1. The first kappa shape index (κ1) is 16.7. The number of aryl methyl sites for hydroxylation is 1. The lowest BCUT2D eigenvalue weighted by molar-refractivity contribution is 0.0527. The van der Waals surface area contributed by atoms with Crippen molar-refractivity contribution < 1.29 is 14.6 Å². The Morgan fingerprint density at radius 3 is 2.96 bits per heavy atom. The van der Waals surface area contributed by atoms with Gasteiger partial charge in [-0.05, 0) is 39.5 Å². The van der Waals surface area contributed by atoms with Crippen molar-refractivity contribution in [2.45, 2.75) is 58.2 Å². The Labute approximate surface area is 141 Å². The highest BCUT2D eigenvalue weighted by molar-refractivity contribution is 6.04. The van der Waals surface area contributed by atoms with Crippen molar-refractivity contribution in [3.63, 3.8) is 0 Å². The predicted octanol–water partition coefficient (Wildman–Crippen LogP) is 2.34. The number of hydrogen-bond donors (Lipinski definition) is 2. The number of rotatable bonds is 5. The van der Waals surface area contributed by atoms with Gasteiger partial charge in [-0.2, -0.15) is 5.10 Å². The molecule has 0 saturated heterocycles. The van der Waals surface area contributed by atoms with Gasteiger partial charge in [0.1, 0.15) is 5.56 Å². The van der Waals surface area contributed by atoms with Crippen molar-refractivity contribution in [3.8, 4) is 0 Å². The van der Waals surface area contributed by atoms with Gasteiger partial charge in [0.2, 0.25) is 0 Å². The molecule has 0 radical (unpaired) electrons. The highest BCUT2D eigenvalue weighted by atomic mass is 16.5. The molecule has 0 aromatic carbocycles. The van der Waals surface area contributed by atoms with E-state index in [4.69, 9.17) is 4.74 Å². The summed E-state index contributed by atoms with van der Waals surface area (Å²) in [5.74, 6) is -0.394. The second-order valence-corrected chi connectivity index (χ2v) is 6.13. The number of ether oxygens (including phenoxy) is 1. The third-order valence-corrected chi connectivity index (χ3v) is 4.46. The van der Waals surface area contributed by atoms with Crippen molar-refractivity contribution in [3.05, 3.63) is 18.0 Å². The number of carbonyl (C=O) groups is 1. The van der Waals surface area contributed by atoms with Crippen LogP contribution in [0.2, 0.25) is 0 Å². The van der Waals surface area contributed by atoms with Gasteiger partial charge in [-0.1, -0.05) is 0 Å². The van der Waals surface area contributed by atoms with E-state index in [-0.39, 0.29) is 12.1 Å². The Balaban J connectivity index is 2.01. The second-order valence-electron chi connectivity index (χ2n) is 6.13. The van der Waals surface area contributed by atoms with Crippen LogP contribution in [-0.2, 0) is 11.3 Å². The second kappa shape index (κ2) is 7.17. The maximum Gasteiger partial charge on any atom is 0.341 e. The van der Waals surface area contributed by atoms with Crippen molar-refractivity contribution >= 4 is 22.7 Å². The molecule has 2 atom stereocenters. The summed E-state index contributed by atoms with van der Waals surface area (Å²) in [6.07, 6.45) is 6.43. The molecule has 1 saturated carbocycles. The van der Waals surface area contributed by atoms with Crippen molar-refractivity contribution in [1.29, 1.82) is 0 Å². The summed E-state index contributed by atoms with van der Waals surface area (Å²) in [6.45, 7) is 4.80. The number of nitrogens with one attached hydrogen (secondary N) is 1. The molecule has 1 aliphatic rings. The van der Waals surface area contributed by atoms with Crippen LogP contribution in [0.4, 0.5) is 5.69 Å². The van der Waals surface area contributed by atoms with Crippen LogP contribution in [0.5, 0.6) is 0 Å². The molecule has 24 heavy (non-hydrogen) atoms. The summed E-state index contributed by atoms with van der Waals surface area (Å²) in [7, 11) is 0. The van der Waals surface area contributed by atoms with Gasteiger partial charge in [-0.25, -0.2) is 14.5 Å². The molecular formula is C17H24N4O3. The topological polar surface area (TPSA) is 89.3 Å². The number of carbonyl (C=O) groups excluding carboxylic acids is 1. The van der Waals surface area contributed by atoms with Crippen LogP contribution in [0.3, 0.4) is 0 Å². The summed E-state index contributed by atoms with van der Waals surface area (Å²) in [4.78, 5) is 16.7. The van der Waals surface area contributed by atoms with E-state index < -0.39 is 5.97 Å². The summed E-state index contributed by atoms with van der Waals surface area (Å²) in [6, 6.07) is 0.123. The van der Waals surface area contributed by atoms with Crippen LogP contribution < -0.4 is 5.32 Å². The Kier molecular flexibility index (Phi) is 4.99. The van der Waals surface area contributed by atoms with Gasteiger partial charge >= 0.3 is 5.97 Å². The van der Waals surface area contributed by atoms with Crippen LogP contribution in [0.1, 0.15) is 49.9 Å². The van der Waals surface area contributed by atoms with Gasteiger partial charge in [-0.15, -0.1) is 0 Å². The minimum Gasteiger partial charge on any atom is -0.462 e. The van der Waals surface area contributed by atoms with Gasteiger partial charge in [-0.3, -0.25) is 0 Å². The average Bonchev–Trinajstić information content (AvgIpc) is 2.99. The van der Waals surface area contributed by atoms with Crippen molar-refractivity contribution in [2.24, 2.45) is 0 Å². The Bertz CT molecular complexity index is 728. The quantitative estimate of drug-likeness (QED) is 0.817. The molecule has 2 N–H and O–H groups in total. The number of aromatic nitrogens is 3. The monoisotopic (exact) mass is 332 g/mol. The Morgan fingerprint density at radius 1 is 1.42 bits per heavy atom. The fourth-order valence-corrected chi connectivity index (χ4v) is 3.28. The first-order valence-electron chi connectivity index (χ1n) is 8.60. The van der Waals surface area contributed by atoms with Crippen LogP contribution in [0, 0.1) is 0 Å². The zero-order valence-electron chi connectivity index (χ0n) is 14.2. The lowest BCUT2D eigenvalue weighted by atomic mass is 9.92. The Morgan fingerprint density at radius 2 is 2.25 bits per heavy atom.